The molecule has 12 nitrogen and oxygen atoms in total. The highest BCUT2D eigenvalue weighted by atomic mass is 16.6. The van der Waals surface area contributed by atoms with E-state index in [1.807, 2.05) is 0 Å². The van der Waals surface area contributed by atoms with Crippen LogP contribution >= 0.6 is 0 Å². The van der Waals surface area contributed by atoms with Gasteiger partial charge in [-0.25, -0.2) is 0 Å². The minimum absolute atomic E-state index is 0.00642. The van der Waals surface area contributed by atoms with Crippen LogP contribution < -0.4 is 10.1 Å². The van der Waals surface area contributed by atoms with Crippen LogP contribution in [0.2, 0.25) is 0 Å². The maximum atomic E-state index is 12.8. The van der Waals surface area contributed by atoms with Crippen LogP contribution in [0.3, 0.4) is 0 Å². The fourth-order valence-corrected chi connectivity index (χ4v) is 4.56. The highest BCUT2D eigenvalue weighted by molar-refractivity contribution is 6.21. The molecule has 2 heterocycles. The maximum absolute atomic E-state index is 12.8. The Morgan fingerprint density at radius 3 is 2.45 bits per heavy atom. The van der Waals surface area contributed by atoms with E-state index in [1.165, 1.54) is 25.1 Å². The lowest BCUT2D eigenvalue weighted by Gasteiger charge is -2.32. The van der Waals surface area contributed by atoms with Crippen LogP contribution in [0, 0.1) is 10.1 Å². The van der Waals surface area contributed by atoms with Crippen molar-refractivity contribution in [1.29, 1.82) is 0 Å². The Hall–Kier alpha value is -4.61. The van der Waals surface area contributed by atoms with Crippen LogP contribution in [0.5, 0.6) is 5.75 Å². The normalized spacial score (nSPS) is 15.3. The Balaban J connectivity index is 1.21. The minimum atomic E-state index is -0.630. The Morgan fingerprint density at radius 1 is 1.05 bits per heavy atom. The first-order valence-corrected chi connectivity index (χ1v) is 12.2. The van der Waals surface area contributed by atoms with Crippen LogP contribution in [0.1, 0.15) is 63.7 Å². The molecule has 2 aliphatic rings. The van der Waals surface area contributed by atoms with Crippen molar-refractivity contribution in [2.45, 2.75) is 38.6 Å². The van der Waals surface area contributed by atoms with Gasteiger partial charge in [-0.2, -0.15) is 0 Å². The Morgan fingerprint density at radius 2 is 1.76 bits per heavy atom. The summed E-state index contributed by atoms with van der Waals surface area (Å²) in [5.41, 5.74) is 0.251. The number of likely N-dealkylation sites (tertiary alicyclic amines) is 1. The van der Waals surface area contributed by atoms with E-state index in [9.17, 15) is 34.1 Å². The van der Waals surface area contributed by atoms with Crippen molar-refractivity contribution in [2.75, 3.05) is 19.6 Å². The van der Waals surface area contributed by atoms with Gasteiger partial charge in [-0.1, -0.05) is 6.07 Å². The highest BCUT2D eigenvalue weighted by Crippen LogP contribution is 2.27. The number of nitrogens with zero attached hydrogens (tertiary/aromatic N) is 3. The van der Waals surface area contributed by atoms with Crippen molar-refractivity contribution in [3.63, 3.8) is 0 Å². The van der Waals surface area contributed by atoms with Gasteiger partial charge in [-0.3, -0.25) is 39.0 Å². The van der Waals surface area contributed by atoms with E-state index in [0.717, 1.165) is 11.0 Å². The zero-order valence-corrected chi connectivity index (χ0v) is 20.7. The number of amides is 4. The molecule has 0 unspecified atom stereocenters. The molecule has 0 saturated carbocycles. The first-order valence-electron chi connectivity index (χ1n) is 12.2. The van der Waals surface area contributed by atoms with Gasteiger partial charge in [0.25, 0.3) is 23.4 Å². The van der Waals surface area contributed by atoms with Crippen molar-refractivity contribution in [3.8, 4) is 5.75 Å². The van der Waals surface area contributed by atoms with Gasteiger partial charge in [0.15, 0.2) is 0 Å². The van der Waals surface area contributed by atoms with Crippen LogP contribution in [0.4, 0.5) is 5.69 Å². The number of nitro benzene ring substituents is 1. The summed E-state index contributed by atoms with van der Waals surface area (Å²) in [6.07, 6.45) is 1.47. The lowest BCUT2D eigenvalue weighted by molar-refractivity contribution is -0.384. The first kappa shape index (κ1) is 26.5. The number of fused-ring (bicyclic) bond motifs is 1. The van der Waals surface area contributed by atoms with E-state index in [4.69, 9.17) is 4.74 Å². The van der Waals surface area contributed by atoms with Crippen molar-refractivity contribution in [3.05, 3.63) is 69.3 Å². The lowest BCUT2D eigenvalue weighted by Crippen LogP contribution is -2.46. The van der Waals surface area contributed by atoms with Gasteiger partial charge in [-0.15, -0.1) is 0 Å². The van der Waals surface area contributed by atoms with E-state index in [1.54, 1.807) is 23.1 Å². The predicted octanol–water partition coefficient (Wildman–Crippen LogP) is 2.32. The zero-order chi connectivity index (χ0) is 27.4. The minimum Gasteiger partial charge on any atom is -0.427 e. The number of nitro groups is 1. The van der Waals surface area contributed by atoms with Crippen molar-refractivity contribution in [1.82, 2.24) is 15.1 Å². The molecule has 2 aromatic rings. The summed E-state index contributed by atoms with van der Waals surface area (Å²) in [6.45, 7) is 2.20. The number of imide groups is 1. The monoisotopic (exact) mass is 522 g/mol. The van der Waals surface area contributed by atoms with Crippen molar-refractivity contribution < 1.29 is 33.6 Å². The number of piperidine rings is 1. The molecule has 1 fully saturated rings. The second-order valence-electron chi connectivity index (χ2n) is 9.11. The third-order valence-electron chi connectivity index (χ3n) is 6.44. The number of benzene rings is 2. The Kier molecular flexibility index (Phi) is 7.79. The summed E-state index contributed by atoms with van der Waals surface area (Å²) in [7, 11) is 0. The summed E-state index contributed by atoms with van der Waals surface area (Å²) >= 11 is 0. The summed E-state index contributed by atoms with van der Waals surface area (Å²) in [4.78, 5) is 74.5. The molecule has 4 rings (SSSR count). The van der Waals surface area contributed by atoms with E-state index in [0.29, 0.717) is 37.2 Å². The van der Waals surface area contributed by atoms with Gasteiger partial charge in [0.2, 0.25) is 5.91 Å². The maximum Gasteiger partial charge on any atom is 0.308 e. The number of non-ortho nitro benzene ring substituents is 1. The average Bonchev–Trinajstić information content (AvgIpc) is 3.12. The fourth-order valence-electron chi connectivity index (χ4n) is 4.56. The third-order valence-corrected chi connectivity index (χ3v) is 6.44. The number of rotatable bonds is 8. The van der Waals surface area contributed by atoms with Crippen LogP contribution in [0.25, 0.3) is 0 Å². The predicted molar refractivity (Wildman–Crippen MR) is 133 cm³/mol. The second-order valence-corrected chi connectivity index (χ2v) is 9.11. The highest BCUT2D eigenvalue weighted by Gasteiger charge is 2.36. The van der Waals surface area contributed by atoms with E-state index >= 15 is 0 Å². The number of hydrogen-bond acceptors (Lipinski definition) is 8. The second kappa shape index (κ2) is 11.2. The topological polar surface area (TPSA) is 156 Å². The summed E-state index contributed by atoms with van der Waals surface area (Å²) in [5.74, 6) is -1.72. The van der Waals surface area contributed by atoms with Gasteiger partial charge in [-0.05, 0) is 43.5 Å². The molecule has 12 heteroatoms. The molecule has 0 spiro atoms. The third kappa shape index (κ3) is 5.85. The number of esters is 1. The van der Waals surface area contributed by atoms with Crippen LogP contribution in [0.15, 0.2) is 42.5 Å². The molecule has 38 heavy (non-hydrogen) atoms. The number of nitrogens with one attached hydrogen (secondary N) is 1. The SMILES string of the molecule is CC(=O)Oc1cccc(C(=O)N2CCC(NC(=O)CCCN3C(=O)c4ccc([N+](=O)[O-])cc4C3=O)CC2)c1. The van der Waals surface area contributed by atoms with Gasteiger partial charge in [0.1, 0.15) is 5.75 Å². The molecule has 4 amide bonds. The molecule has 2 aliphatic heterocycles. The zero-order valence-electron chi connectivity index (χ0n) is 20.7. The van der Waals surface area contributed by atoms with Gasteiger partial charge < -0.3 is 15.0 Å². The van der Waals surface area contributed by atoms with Crippen LogP contribution in [-0.4, -0.2) is 70.0 Å². The molecule has 0 aromatic heterocycles. The summed E-state index contributed by atoms with van der Waals surface area (Å²) in [5, 5.41) is 13.9. The van der Waals surface area contributed by atoms with Gasteiger partial charge >= 0.3 is 5.97 Å². The smallest absolute Gasteiger partial charge is 0.308 e. The lowest BCUT2D eigenvalue weighted by atomic mass is 10.0. The number of ether oxygens (including phenoxy) is 1. The molecule has 1 N–H and O–H groups in total. The fraction of sp³-hybridized carbons (Fsp3) is 0.346. The van der Waals surface area contributed by atoms with Crippen molar-refractivity contribution >= 4 is 35.3 Å². The standard InChI is InChI=1S/C26H26N4O8/c1-16(31)38-20-5-2-4-17(14-20)24(33)28-12-9-18(10-13-28)27-23(32)6-3-11-29-25(34)21-8-7-19(30(36)37)15-22(21)26(29)35/h2,4-5,7-8,14-15,18H,3,6,9-13H2,1H3,(H,27,32). The Bertz CT molecular complexity index is 1320. The first-order chi connectivity index (χ1) is 18.1. The van der Waals surface area contributed by atoms with E-state index in [2.05, 4.69) is 5.32 Å². The average molecular weight is 523 g/mol. The number of hydrogen-bond donors (Lipinski definition) is 1. The molecule has 2 aromatic carbocycles. The van der Waals surface area contributed by atoms with E-state index in [-0.39, 0.29) is 54.1 Å². The molecule has 0 bridgehead atoms. The molecule has 0 atom stereocenters. The molecule has 0 radical (unpaired) electrons. The molecular formula is C26H26N4O8. The van der Waals surface area contributed by atoms with Crippen LogP contribution in [-0.2, 0) is 9.59 Å². The summed E-state index contributed by atoms with van der Waals surface area (Å²) in [6, 6.07) is 9.85. The number of carbonyl (C=O) groups is 5. The van der Waals surface area contributed by atoms with Crippen molar-refractivity contribution in [2.24, 2.45) is 0 Å². The quantitative estimate of drug-likeness (QED) is 0.182. The molecule has 198 valence electrons. The molecular weight excluding hydrogens is 496 g/mol. The number of carbonyl (C=O) groups excluding carboxylic acids is 5. The molecule has 0 aliphatic carbocycles. The largest absolute Gasteiger partial charge is 0.427 e. The van der Waals surface area contributed by atoms with E-state index < -0.39 is 22.7 Å². The molecule has 1 saturated heterocycles. The van der Waals surface area contributed by atoms with Gasteiger partial charge in [0, 0.05) is 56.7 Å². The Labute approximate surface area is 217 Å². The van der Waals surface area contributed by atoms with Gasteiger partial charge in [0.05, 0.1) is 16.1 Å². The summed E-state index contributed by atoms with van der Waals surface area (Å²) < 4.78 is 5.04.